The van der Waals surface area contributed by atoms with Crippen molar-refractivity contribution in [1.82, 2.24) is 5.32 Å². The number of fused-ring (bicyclic) bond motifs is 1. The zero-order chi connectivity index (χ0) is 11.7. The highest BCUT2D eigenvalue weighted by Gasteiger charge is 2.26. The zero-order valence-corrected chi connectivity index (χ0v) is 9.08. The average Bonchev–Trinajstić information content (AvgIpc) is 2.28. The van der Waals surface area contributed by atoms with Crippen LogP contribution in [0.2, 0.25) is 0 Å². The van der Waals surface area contributed by atoms with Crippen LogP contribution in [0.25, 0.3) is 0 Å². The van der Waals surface area contributed by atoms with E-state index in [1.54, 1.807) is 12.1 Å². The van der Waals surface area contributed by atoms with E-state index in [0.29, 0.717) is 12.0 Å². The Morgan fingerprint density at radius 3 is 2.88 bits per heavy atom. The van der Waals surface area contributed by atoms with Gasteiger partial charge in [-0.05, 0) is 36.6 Å². The summed E-state index contributed by atoms with van der Waals surface area (Å²) in [5.74, 6) is 0. The number of rotatable bonds is 2. The van der Waals surface area contributed by atoms with E-state index in [1.165, 1.54) is 0 Å². The number of benzene rings is 1. The smallest absolute Gasteiger partial charge is 0.268 e. The summed E-state index contributed by atoms with van der Waals surface area (Å²) in [7, 11) is 0. The van der Waals surface area contributed by atoms with Gasteiger partial charge in [-0.15, -0.1) is 0 Å². The van der Waals surface area contributed by atoms with Crippen LogP contribution in [0.1, 0.15) is 35.8 Å². The molecule has 88 valence electrons. The molecular weight excluding hydrogens is 212 g/mol. The molecule has 2 nitrogen and oxygen atoms in total. The molecule has 1 aliphatic heterocycles. The molecule has 0 bridgehead atoms. The summed E-state index contributed by atoms with van der Waals surface area (Å²) in [6, 6.07) is 5.40. The Morgan fingerprint density at radius 1 is 1.44 bits per heavy atom. The van der Waals surface area contributed by atoms with Gasteiger partial charge in [0.1, 0.15) is 6.10 Å². The molecule has 0 spiro atoms. The summed E-state index contributed by atoms with van der Waals surface area (Å²) >= 11 is 0. The van der Waals surface area contributed by atoms with E-state index in [-0.39, 0.29) is 6.04 Å². The Balaban J connectivity index is 2.43. The molecule has 2 atom stereocenters. The van der Waals surface area contributed by atoms with E-state index < -0.39 is 12.5 Å². The Hall–Kier alpha value is -1.00. The van der Waals surface area contributed by atoms with Gasteiger partial charge in [-0.3, -0.25) is 0 Å². The predicted octanol–water partition coefficient (Wildman–Crippen LogP) is 2.19. The summed E-state index contributed by atoms with van der Waals surface area (Å²) in [4.78, 5) is 0. The molecule has 1 aromatic carbocycles. The predicted molar refractivity (Wildman–Crippen MR) is 57.5 cm³/mol. The Bertz CT molecular complexity index is 381. The number of alkyl halides is 2. The van der Waals surface area contributed by atoms with E-state index in [1.807, 2.05) is 13.0 Å². The lowest BCUT2D eigenvalue weighted by Gasteiger charge is -2.27. The van der Waals surface area contributed by atoms with Crippen LogP contribution >= 0.6 is 0 Å². The van der Waals surface area contributed by atoms with Crippen LogP contribution < -0.4 is 5.32 Å². The topological polar surface area (TPSA) is 32.3 Å². The van der Waals surface area contributed by atoms with E-state index in [2.05, 4.69) is 5.32 Å². The third-order valence-corrected chi connectivity index (χ3v) is 3.10. The Labute approximate surface area is 93.3 Å². The van der Waals surface area contributed by atoms with Crippen molar-refractivity contribution in [2.45, 2.75) is 31.9 Å². The first-order valence-corrected chi connectivity index (χ1v) is 5.42. The number of hydrogen-bond donors (Lipinski definition) is 2. The van der Waals surface area contributed by atoms with Crippen LogP contribution in [0.3, 0.4) is 0 Å². The molecule has 1 aromatic rings. The molecule has 2 rings (SSSR count). The maximum absolute atomic E-state index is 12.5. The van der Waals surface area contributed by atoms with Crippen molar-refractivity contribution >= 4 is 0 Å². The zero-order valence-electron chi connectivity index (χ0n) is 9.08. The molecule has 0 unspecified atom stereocenters. The Kier molecular flexibility index (Phi) is 3.21. The minimum absolute atomic E-state index is 0.161. The molecule has 2 N–H and O–H groups in total. The number of nitrogens with one attached hydrogen (secondary N) is 1. The average molecular weight is 227 g/mol. The SMILES string of the molecule is C[C@@H]1NCCc2c1cccc2[C@H](O)C(F)F. The molecule has 1 aliphatic rings. The van der Waals surface area contributed by atoms with Gasteiger partial charge < -0.3 is 10.4 Å². The Morgan fingerprint density at radius 2 is 2.19 bits per heavy atom. The van der Waals surface area contributed by atoms with Gasteiger partial charge in [-0.1, -0.05) is 18.2 Å². The van der Waals surface area contributed by atoms with Gasteiger partial charge >= 0.3 is 0 Å². The molecule has 0 fully saturated rings. The third-order valence-electron chi connectivity index (χ3n) is 3.10. The fourth-order valence-corrected chi connectivity index (χ4v) is 2.25. The molecule has 16 heavy (non-hydrogen) atoms. The summed E-state index contributed by atoms with van der Waals surface area (Å²) in [5.41, 5.74) is 2.27. The second kappa shape index (κ2) is 4.47. The number of aliphatic hydroxyl groups excluding tert-OH is 1. The lowest BCUT2D eigenvalue weighted by Crippen LogP contribution is -2.29. The van der Waals surface area contributed by atoms with Crippen LogP contribution in [-0.4, -0.2) is 18.1 Å². The quantitative estimate of drug-likeness (QED) is 0.811. The van der Waals surface area contributed by atoms with Gasteiger partial charge in [0.2, 0.25) is 0 Å². The highest BCUT2D eigenvalue weighted by Crippen LogP contribution is 2.31. The van der Waals surface area contributed by atoms with Crippen LogP contribution in [-0.2, 0) is 6.42 Å². The summed E-state index contributed by atoms with van der Waals surface area (Å²) < 4.78 is 25.0. The molecule has 1 heterocycles. The van der Waals surface area contributed by atoms with Crippen LogP contribution in [0.15, 0.2) is 18.2 Å². The maximum atomic E-state index is 12.5. The highest BCUT2D eigenvalue weighted by molar-refractivity contribution is 5.40. The van der Waals surface area contributed by atoms with Crippen LogP contribution in [0, 0.1) is 0 Å². The molecular formula is C12H15F2NO. The fourth-order valence-electron chi connectivity index (χ4n) is 2.25. The van der Waals surface area contributed by atoms with E-state index in [0.717, 1.165) is 17.7 Å². The second-order valence-corrected chi connectivity index (χ2v) is 4.12. The minimum atomic E-state index is -2.73. The van der Waals surface area contributed by atoms with Crippen molar-refractivity contribution in [2.24, 2.45) is 0 Å². The minimum Gasteiger partial charge on any atom is -0.382 e. The highest BCUT2D eigenvalue weighted by atomic mass is 19.3. The van der Waals surface area contributed by atoms with Gasteiger partial charge in [0.15, 0.2) is 0 Å². The number of hydrogen-bond acceptors (Lipinski definition) is 2. The van der Waals surface area contributed by atoms with Crippen molar-refractivity contribution in [3.63, 3.8) is 0 Å². The first kappa shape index (κ1) is 11.5. The van der Waals surface area contributed by atoms with Gasteiger partial charge in [0.05, 0.1) is 0 Å². The first-order chi connectivity index (χ1) is 7.61. The molecule has 0 aromatic heterocycles. The molecule has 0 aliphatic carbocycles. The lowest BCUT2D eigenvalue weighted by atomic mass is 9.89. The summed E-state index contributed by atoms with van der Waals surface area (Å²) in [6.45, 7) is 2.76. The van der Waals surface area contributed by atoms with E-state index in [4.69, 9.17) is 0 Å². The van der Waals surface area contributed by atoms with Gasteiger partial charge in [0.25, 0.3) is 6.43 Å². The van der Waals surface area contributed by atoms with Crippen molar-refractivity contribution in [2.75, 3.05) is 6.54 Å². The van der Waals surface area contributed by atoms with Gasteiger partial charge in [-0.2, -0.15) is 0 Å². The maximum Gasteiger partial charge on any atom is 0.268 e. The van der Waals surface area contributed by atoms with E-state index in [9.17, 15) is 13.9 Å². The van der Waals surface area contributed by atoms with Crippen molar-refractivity contribution < 1.29 is 13.9 Å². The van der Waals surface area contributed by atoms with Gasteiger partial charge in [-0.25, -0.2) is 8.78 Å². The molecule has 0 saturated heterocycles. The van der Waals surface area contributed by atoms with Crippen LogP contribution in [0.5, 0.6) is 0 Å². The van der Waals surface area contributed by atoms with Crippen molar-refractivity contribution in [3.05, 3.63) is 34.9 Å². The normalized spacial score (nSPS) is 21.9. The summed E-state index contributed by atoms with van der Waals surface area (Å²) in [6.07, 6.45) is -3.70. The first-order valence-electron chi connectivity index (χ1n) is 5.42. The molecule has 0 saturated carbocycles. The number of halogens is 2. The monoisotopic (exact) mass is 227 g/mol. The van der Waals surface area contributed by atoms with Crippen molar-refractivity contribution in [3.8, 4) is 0 Å². The van der Waals surface area contributed by atoms with E-state index >= 15 is 0 Å². The van der Waals surface area contributed by atoms with Gasteiger partial charge in [0, 0.05) is 6.04 Å². The fraction of sp³-hybridized carbons (Fsp3) is 0.500. The largest absolute Gasteiger partial charge is 0.382 e. The molecule has 0 amide bonds. The standard InChI is InChI=1S/C12H15F2NO/c1-7-8-3-2-4-10(11(16)12(13)14)9(8)5-6-15-7/h2-4,7,11-12,15-16H,5-6H2,1H3/t7-,11-/m0/s1. The van der Waals surface area contributed by atoms with Crippen LogP contribution in [0.4, 0.5) is 8.78 Å². The second-order valence-electron chi connectivity index (χ2n) is 4.12. The van der Waals surface area contributed by atoms with Crippen molar-refractivity contribution in [1.29, 1.82) is 0 Å². The lowest BCUT2D eigenvalue weighted by molar-refractivity contribution is -0.00639. The molecule has 4 heteroatoms. The summed E-state index contributed by atoms with van der Waals surface area (Å²) in [5, 5.41) is 12.7. The number of aliphatic hydroxyl groups is 1. The third kappa shape index (κ3) is 1.95. The molecule has 0 radical (unpaired) electrons.